The Morgan fingerprint density at radius 1 is 1.19 bits per heavy atom. The first-order valence-electron chi connectivity index (χ1n) is 10.6. The fourth-order valence-corrected chi connectivity index (χ4v) is 6.15. The quantitative estimate of drug-likeness (QED) is 0.509. The van der Waals surface area contributed by atoms with Crippen LogP contribution >= 0.6 is 22.9 Å². The van der Waals surface area contributed by atoms with Crippen LogP contribution in [0.15, 0.2) is 44.4 Å². The van der Waals surface area contributed by atoms with Crippen LogP contribution in [0.3, 0.4) is 0 Å². The van der Waals surface area contributed by atoms with Gasteiger partial charge in [0, 0.05) is 67.0 Å². The van der Waals surface area contributed by atoms with Crippen molar-refractivity contribution in [3.8, 4) is 11.3 Å². The average molecular weight is 495 g/mol. The number of hydrogen-bond donors (Lipinski definition) is 1. The van der Waals surface area contributed by atoms with Crippen molar-refractivity contribution in [3.63, 3.8) is 0 Å². The van der Waals surface area contributed by atoms with E-state index < -0.39 is 10.0 Å². The van der Waals surface area contributed by atoms with Gasteiger partial charge in [0.2, 0.25) is 10.0 Å². The first-order valence-corrected chi connectivity index (χ1v) is 13.4. The maximum absolute atomic E-state index is 12.7. The van der Waals surface area contributed by atoms with Crippen LogP contribution in [0, 0.1) is 6.92 Å². The van der Waals surface area contributed by atoms with E-state index in [1.54, 1.807) is 11.4 Å². The Labute approximate surface area is 198 Å². The number of nitrogens with one attached hydrogen (secondary N) is 1. The number of nitrogens with zero attached hydrogens (tertiary/aromatic N) is 3. The van der Waals surface area contributed by atoms with Gasteiger partial charge < -0.3 is 9.42 Å². The lowest BCUT2D eigenvalue weighted by Crippen LogP contribution is -2.48. The van der Waals surface area contributed by atoms with Crippen LogP contribution in [-0.4, -0.2) is 57.7 Å². The number of sulfonamides is 1. The molecule has 4 rings (SSSR count). The highest BCUT2D eigenvalue weighted by Gasteiger charge is 2.21. The van der Waals surface area contributed by atoms with Gasteiger partial charge in [0.1, 0.15) is 4.21 Å². The van der Waals surface area contributed by atoms with Crippen LogP contribution in [0.25, 0.3) is 11.3 Å². The van der Waals surface area contributed by atoms with E-state index in [1.807, 2.05) is 31.2 Å². The van der Waals surface area contributed by atoms with Gasteiger partial charge in [0.25, 0.3) is 0 Å². The summed E-state index contributed by atoms with van der Waals surface area (Å²) in [5.74, 6) is 0.590. The minimum Gasteiger partial charge on any atom is -0.369 e. The molecule has 1 aliphatic rings. The first-order chi connectivity index (χ1) is 15.4. The monoisotopic (exact) mass is 494 g/mol. The van der Waals surface area contributed by atoms with Gasteiger partial charge in [0.05, 0.1) is 5.69 Å². The van der Waals surface area contributed by atoms with Gasteiger partial charge in [0.15, 0.2) is 5.76 Å². The molecule has 2 aromatic heterocycles. The van der Waals surface area contributed by atoms with Crippen molar-refractivity contribution in [2.45, 2.75) is 24.5 Å². The van der Waals surface area contributed by atoms with Crippen LogP contribution in [0.2, 0.25) is 5.02 Å². The Hall–Kier alpha value is -1.91. The molecule has 3 heterocycles. The van der Waals surface area contributed by atoms with Gasteiger partial charge in [-0.1, -0.05) is 29.7 Å². The number of aromatic nitrogens is 1. The van der Waals surface area contributed by atoms with Crippen molar-refractivity contribution in [2.75, 3.05) is 44.2 Å². The fourth-order valence-electron chi connectivity index (χ4n) is 3.75. The Balaban J connectivity index is 1.28. The van der Waals surface area contributed by atoms with Crippen molar-refractivity contribution in [3.05, 3.63) is 52.0 Å². The van der Waals surface area contributed by atoms with E-state index in [9.17, 15) is 8.42 Å². The highest BCUT2D eigenvalue weighted by molar-refractivity contribution is 7.91. The van der Waals surface area contributed by atoms with E-state index in [0.29, 0.717) is 18.8 Å². The predicted octanol–water partition coefficient (Wildman–Crippen LogP) is 4.03. The normalized spacial score (nSPS) is 15.4. The SMILES string of the molecule is CCc1cc(-c2csc(S(=O)(=O)NCCN3CCN(c4cc(Cl)ccc4C)CC3)c2)on1. The van der Waals surface area contributed by atoms with E-state index in [-0.39, 0.29) is 4.21 Å². The predicted molar refractivity (Wildman–Crippen MR) is 129 cm³/mol. The molecule has 172 valence electrons. The number of piperazine rings is 1. The van der Waals surface area contributed by atoms with E-state index >= 15 is 0 Å². The summed E-state index contributed by atoms with van der Waals surface area (Å²) >= 11 is 7.35. The number of thiophene rings is 1. The second-order valence-corrected chi connectivity index (χ2v) is 11.2. The van der Waals surface area contributed by atoms with Gasteiger partial charge in [-0.2, -0.15) is 0 Å². The molecule has 1 aromatic carbocycles. The lowest BCUT2D eigenvalue weighted by molar-refractivity contribution is 0.262. The van der Waals surface area contributed by atoms with Crippen LogP contribution in [0.5, 0.6) is 0 Å². The smallest absolute Gasteiger partial charge is 0.250 e. The zero-order chi connectivity index (χ0) is 22.7. The van der Waals surface area contributed by atoms with Crippen LogP contribution < -0.4 is 9.62 Å². The van der Waals surface area contributed by atoms with Crippen molar-refractivity contribution >= 4 is 38.6 Å². The summed E-state index contributed by atoms with van der Waals surface area (Å²) in [5.41, 5.74) is 3.96. The molecule has 0 atom stereocenters. The molecule has 10 heteroatoms. The third kappa shape index (κ3) is 5.35. The molecule has 1 aliphatic heterocycles. The molecule has 32 heavy (non-hydrogen) atoms. The zero-order valence-electron chi connectivity index (χ0n) is 18.2. The molecule has 3 aromatic rings. The molecule has 0 aliphatic carbocycles. The molecule has 0 spiro atoms. The molecular weight excluding hydrogens is 468 g/mol. The van der Waals surface area contributed by atoms with Gasteiger partial charge in [-0.05, 0) is 37.1 Å². The molecule has 0 saturated carbocycles. The molecule has 1 fully saturated rings. The first kappa shape index (κ1) is 23.3. The second-order valence-electron chi connectivity index (χ2n) is 7.85. The minimum atomic E-state index is -3.56. The summed E-state index contributed by atoms with van der Waals surface area (Å²) in [6, 6.07) is 9.44. The van der Waals surface area contributed by atoms with Gasteiger partial charge in [-0.15, -0.1) is 11.3 Å². The molecular formula is C22H27ClN4O3S2. The number of aryl methyl sites for hydroxylation is 2. The standard InChI is InChI=1S/C22H27ClN4O3S2/c1-3-19-14-21(30-25-19)17-12-22(31-15-17)32(28,29)24-6-7-26-8-10-27(11-9-26)20-13-18(23)5-4-16(20)2/h4-5,12-15,24H,3,6-11H2,1-2H3. The fraction of sp³-hybridized carbons (Fsp3) is 0.409. The Morgan fingerprint density at radius 2 is 1.97 bits per heavy atom. The number of rotatable bonds is 8. The van der Waals surface area contributed by atoms with E-state index in [0.717, 1.165) is 48.9 Å². The third-order valence-corrected chi connectivity index (χ3v) is 8.79. The summed E-state index contributed by atoms with van der Waals surface area (Å²) in [7, 11) is -3.56. The number of anilines is 1. The van der Waals surface area contributed by atoms with Crippen LogP contribution in [0.4, 0.5) is 5.69 Å². The molecule has 7 nitrogen and oxygen atoms in total. The van der Waals surface area contributed by atoms with Crippen LogP contribution in [0.1, 0.15) is 18.2 Å². The van der Waals surface area contributed by atoms with E-state index in [1.165, 1.54) is 22.6 Å². The molecule has 1 N–H and O–H groups in total. The van der Waals surface area contributed by atoms with Gasteiger partial charge >= 0.3 is 0 Å². The number of hydrogen-bond acceptors (Lipinski definition) is 7. The van der Waals surface area contributed by atoms with E-state index in [4.69, 9.17) is 16.1 Å². The molecule has 0 unspecified atom stereocenters. The van der Waals surface area contributed by atoms with Gasteiger partial charge in [-0.3, -0.25) is 4.90 Å². The highest BCUT2D eigenvalue weighted by atomic mass is 35.5. The topological polar surface area (TPSA) is 78.7 Å². The van der Waals surface area contributed by atoms with Crippen molar-refractivity contribution in [1.29, 1.82) is 0 Å². The lowest BCUT2D eigenvalue weighted by Gasteiger charge is -2.36. The average Bonchev–Trinajstić information content (AvgIpc) is 3.46. The summed E-state index contributed by atoms with van der Waals surface area (Å²) in [6.45, 7) is 8.65. The van der Waals surface area contributed by atoms with E-state index in [2.05, 4.69) is 26.6 Å². The lowest BCUT2D eigenvalue weighted by atomic mass is 10.1. The number of halogens is 1. The second kappa shape index (κ2) is 9.93. The van der Waals surface area contributed by atoms with Crippen molar-refractivity contribution in [1.82, 2.24) is 14.8 Å². The summed E-state index contributed by atoms with van der Waals surface area (Å²) in [5, 5.41) is 6.49. The zero-order valence-corrected chi connectivity index (χ0v) is 20.6. The molecule has 1 saturated heterocycles. The van der Waals surface area contributed by atoms with Gasteiger partial charge in [-0.25, -0.2) is 13.1 Å². The minimum absolute atomic E-state index is 0.281. The summed E-state index contributed by atoms with van der Waals surface area (Å²) in [6.07, 6.45) is 0.771. The summed E-state index contributed by atoms with van der Waals surface area (Å²) < 4.78 is 33.7. The van der Waals surface area contributed by atoms with Crippen molar-refractivity contribution in [2.24, 2.45) is 0 Å². The highest BCUT2D eigenvalue weighted by Crippen LogP contribution is 2.29. The Morgan fingerprint density at radius 3 is 2.69 bits per heavy atom. The maximum Gasteiger partial charge on any atom is 0.250 e. The molecule has 0 radical (unpaired) electrons. The molecule has 0 bridgehead atoms. The Kier molecular flexibility index (Phi) is 7.21. The largest absolute Gasteiger partial charge is 0.369 e. The number of benzene rings is 1. The maximum atomic E-state index is 12.7. The third-order valence-electron chi connectivity index (χ3n) is 5.65. The Bertz CT molecular complexity index is 1170. The van der Waals surface area contributed by atoms with Crippen molar-refractivity contribution < 1.29 is 12.9 Å². The summed E-state index contributed by atoms with van der Waals surface area (Å²) in [4.78, 5) is 4.61. The van der Waals surface area contributed by atoms with Crippen LogP contribution in [-0.2, 0) is 16.4 Å². The molecule has 0 amide bonds.